The van der Waals surface area contributed by atoms with Gasteiger partial charge in [-0.15, -0.1) is 0 Å². The highest BCUT2D eigenvalue weighted by Crippen LogP contribution is 2.28. The first-order valence-electron chi connectivity index (χ1n) is 3.73. The minimum atomic E-state index is -4.62. The van der Waals surface area contributed by atoms with Crippen LogP contribution in [0.1, 0.15) is 0 Å². The maximum absolute atomic E-state index is 12.6. The highest BCUT2D eigenvalue weighted by Gasteiger charge is 2.44. The van der Waals surface area contributed by atoms with Gasteiger partial charge in [-0.25, -0.2) is 4.39 Å². The summed E-state index contributed by atoms with van der Waals surface area (Å²) in [6.07, 6.45) is -8.59. The fourth-order valence-electron chi connectivity index (χ4n) is 0.787. The van der Waals surface area contributed by atoms with Gasteiger partial charge in [0.15, 0.2) is 0 Å². The molecule has 1 aromatic carbocycles. The number of hydrogen-bond acceptors (Lipinski definition) is 2. The first-order chi connectivity index (χ1) is 6.83. The average Bonchev–Trinajstić information content (AvgIpc) is 2.10. The van der Waals surface area contributed by atoms with Crippen molar-refractivity contribution in [3.8, 4) is 5.75 Å². The molecule has 0 fully saturated rings. The van der Waals surface area contributed by atoms with Crippen molar-refractivity contribution in [2.75, 3.05) is 5.73 Å². The van der Waals surface area contributed by atoms with Gasteiger partial charge in [0.1, 0.15) is 11.6 Å². The first-order valence-corrected chi connectivity index (χ1v) is 3.73. The molecule has 2 nitrogen and oxygen atoms in total. The second kappa shape index (κ2) is 3.92. The van der Waals surface area contributed by atoms with Crippen molar-refractivity contribution in [3.63, 3.8) is 0 Å². The predicted molar refractivity (Wildman–Crippen MR) is 42.4 cm³/mol. The van der Waals surface area contributed by atoms with Crippen molar-refractivity contribution in [2.45, 2.75) is 12.5 Å². The molecule has 0 aliphatic carbocycles. The van der Waals surface area contributed by atoms with E-state index in [0.717, 1.165) is 12.1 Å². The van der Waals surface area contributed by atoms with Crippen LogP contribution in [0.5, 0.6) is 5.75 Å². The van der Waals surface area contributed by atoms with E-state index in [1.807, 2.05) is 0 Å². The van der Waals surface area contributed by atoms with E-state index < -0.39 is 29.8 Å². The molecule has 0 aliphatic heterocycles. The molecule has 1 aromatic rings. The van der Waals surface area contributed by atoms with E-state index in [2.05, 4.69) is 4.74 Å². The smallest absolute Gasteiger partial charge is 0.428 e. The molecular formula is C8H6F5NO. The molecule has 0 saturated heterocycles. The van der Waals surface area contributed by atoms with Crippen LogP contribution >= 0.6 is 0 Å². The van der Waals surface area contributed by atoms with Crippen LogP contribution in [0.3, 0.4) is 0 Å². The quantitative estimate of drug-likeness (QED) is 0.636. The molecule has 0 aromatic heterocycles. The molecule has 0 bridgehead atoms. The van der Waals surface area contributed by atoms with Crippen molar-refractivity contribution in [1.82, 2.24) is 0 Å². The molecule has 0 radical (unpaired) electrons. The topological polar surface area (TPSA) is 35.2 Å². The monoisotopic (exact) mass is 227 g/mol. The maximum atomic E-state index is 12.6. The second-order valence-corrected chi connectivity index (χ2v) is 2.65. The molecule has 0 atom stereocenters. The van der Waals surface area contributed by atoms with E-state index in [-0.39, 0.29) is 0 Å². The Morgan fingerprint density at radius 2 is 1.87 bits per heavy atom. The van der Waals surface area contributed by atoms with Crippen LogP contribution in [0.4, 0.5) is 27.6 Å². The largest absolute Gasteiger partial charge is 0.461 e. The van der Waals surface area contributed by atoms with Crippen LogP contribution in [-0.4, -0.2) is 12.5 Å². The molecule has 84 valence electrons. The summed E-state index contributed by atoms with van der Waals surface area (Å²) in [5, 5.41) is 0. The third-order valence-electron chi connectivity index (χ3n) is 1.48. The number of nitrogen functional groups attached to an aromatic ring is 1. The van der Waals surface area contributed by atoms with Gasteiger partial charge in [-0.3, -0.25) is 0 Å². The summed E-state index contributed by atoms with van der Waals surface area (Å²) in [6.45, 7) is 0. The molecule has 7 heteroatoms. The molecule has 0 amide bonds. The van der Waals surface area contributed by atoms with Crippen molar-refractivity contribution in [1.29, 1.82) is 0 Å². The van der Waals surface area contributed by atoms with Gasteiger partial charge in [0.2, 0.25) is 0 Å². The number of ether oxygens (including phenoxy) is 1. The first kappa shape index (κ1) is 11.5. The lowest BCUT2D eigenvalue weighted by molar-refractivity contribution is -0.253. The van der Waals surface area contributed by atoms with E-state index >= 15 is 0 Å². The minimum Gasteiger partial charge on any atom is -0.428 e. The Morgan fingerprint density at radius 1 is 1.27 bits per heavy atom. The summed E-state index contributed by atoms with van der Waals surface area (Å²) in [5.41, 5.74) is 4.57. The molecule has 0 saturated carbocycles. The summed E-state index contributed by atoms with van der Waals surface area (Å²) in [7, 11) is 0. The predicted octanol–water partition coefficient (Wildman–Crippen LogP) is 2.64. The summed E-state index contributed by atoms with van der Waals surface area (Å²) in [5.74, 6) is -1.47. The number of anilines is 1. The minimum absolute atomic E-state index is 0.461. The number of nitrogens with two attached hydrogens (primary N) is 1. The fourth-order valence-corrected chi connectivity index (χ4v) is 0.787. The highest BCUT2D eigenvalue weighted by molar-refractivity contribution is 5.45. The summed E-state index contributed by atoms with van der Waals surface area (Å²) in [4.78, 5) is 0. The third kappa shape index (κ3) is 2.71. The Balaban J connectivity index is 2.86. The highest BCUT2D eigenvalue weighted by atomic mass is 19.3. The Hall–Kier alpha value is -1.53. The summed E-state index contributed by atoms with van der Waals surface area (Å²) < 4.78 is 64.4. The molecule has 0 aliphatic rings. The van der Waals surface area contributed by atoms with Gasteiger partial charge in [0.05, 0.1) is 5.69 Å². The number of alkyl halides is 4. The van der Waals surface area contributed by atoms with E-state index in [1.54, 1.807) is 0 Å². The van der Waals surface area contributed by atoms with Gasteiger partial charge in [0.25, 0.3) is 0 Å². The zero-order valence-electron chi connectivity index (χ0n) is 7.18. The third-order valence-corrected chi connectivity index (χ3v) is 1.48. The Bertz CT molecular complexity index is 355. The maximum Gasteiger partial charge on any atom is 0.461 e. The Morgan fingerprint density at radius 3 is 2.33 bits per heavy atom. The van der Waals surface area contributed by atoms with Crippen LogP contribution in [0.2, 0.25) is 0 Å². The zero-order chi connectivity index (χ0) is 11.6. The SMILES string of the molecule is Nc1cc(OC(F)(F)C(F)F)ccc1F. The standard InChI is InChI=1S/C8H6F5NO/c9-5-2-1-4(3-6(5)14)15-8(12,13)7(10)11/h1-3,7H,14H2. The molecule has 1 rings (SSSR count). The summed E-state index contributed by atoms with van der Waals surface area (Å²) in [6, 6.07) is 2.22. The number of hydrogen-bond donors (Lipinski definition) is 1. The van der Waals surface area contributed by atoms with Gasteiger partial charge in [-0.2, -0.15) is 17.6 Å². The second-order valence-electron chi connectivity index (χ2n) is 2.65. The van der Waals surface area contributed by atoms with E-state index in [9.17, 15) is 22.0 Å². The Labute approximate surface area is 81.4 Å². The van der Waals surface area contributed by atoms with Crippen LogP contribution < -0.4 is 10.5 Å². The van der Waals surface area contributed by atoms with Gasteiger partial charge in [-0.05, 0) is 12.1 Å². The molecule has 15 heavy (non-hydrogen) atoms. The van der Waals surface area contributed by atoms with Crippen molar-refractivity contribution >= 4 is 5.69 Å². The van der Waals surface area contributed by atoms with Crippen molar-refractivity contribution in [2.24, 2.45) is 0 Å². The molecule has 2 N–H and O–H groups in total. The van der Waals surface area contributed by atoms with Gasteiger partial charge >= 0.3 is 12.5 Å². The molecule has 0 spiro atoms. The Kier molecular flexibility index (Phi) is 3.01. The van der Waals surface area contributed by atoms with Crippen LogP contribution in [0, 0.1) is 5.82 Å². The van der Waals surface area contributed by atoms with Crippen LogP contribution in [0.25, 0.3) is 0 Å². The van der Waals surface area contributed by atoms with Gasteiger partial charge in [-0.1, -0.05) is 0 Å². The van der Waals surface area contributed by atoms with Crippen LogP contribution in [0.15, 0.2) is 18.2 Å². The average molecular weight is 227 g/mol. The lowest BCUT2D eigenvalue weighted by Crippen LogP contribution is -2.33. The number of benzene rings is 1. The van der Waals surface area contributed by atoms with Crippen molar-refractivity contribution in [3.05, 3.63) is 24.0 Å². The van der Waals surface area contributed by atoms with Crippen LogP contribution in [-0.2, 0) is 0 Å². The zero-order valence-corrected chi connectivity index (χ0v) is 7.18. The molecule has 0 unspecified atom stereocenters. The number of halogens is 5. The fraction of sp³-hybridized carbons (Fsp3) is 0.250. The number of rotatable bonds is 3. The normalized spacial score (nSPS) is 11.9. The molecule has 0 heterocycles. The van der Waals surface area contributed by atoms with E-state index in [4.69, 9.17) is 5.73 Å². The van der Waals surface area contributed by atoms with E-state index in [1.165, 1.54) is 0 Å². The van der Waals surface area contributed by atoms with Gasteiger partial charge in [0, 0.05) is 6.07 Å². The van der Waals surface area contributed by atoms with Crippen molar-refractivity contribution < 1.29 is 26.7 Å². The molecular weight excluding hydrogens is 221 g/mol. The van der Waals surface area contributed by atoms with E-state index in [0.29, 0.717) is 6.07 Å². The van der Waals surface area contributed by atoms with Gasteiger partial charge < -0.3 is 10.5 Å². The lowest BCUT2D eigenvalue weighted by Gasteiger charge is -2.16. The summed E-state index contributed by atoms with van der Waals surface area (Å²) >= 11 is 0. The lowest BCUT2D eigenvalue weighted by atomic mass is 10.3.